The Morgan fingerprint density at radius 3 is 2.29 bits per heavy atom. The molecule has 0 spiro atoms. The van der Waals surface area contributed by atoms with Crippen LogP contribution < -0.4 is 15.2 Å². The molecule has 0 amide bonds. The summed E-state index contributed by atoms with van der Waals surface area (Å²) in [4.78, 5) is 0. The number of methoxy groups -OCH3 is 2. The van der Waals surface area contributed by atoms with Crippen LogP contribution in [0.3, 0.4) is 0 Å². The largest absolute Gasteiger partial charge is 0.493 e. The highest BCUT2D eigenvalue weighted by Crippen LogP contribution is 2.40. The zero-order chi connectivity index (χ0) is 12.6. The van der Waals surface area contributed by atoms with Crippen LogP contribution in [-0.4, -0.2) is 19.8 Å². The van der Waals surface area contributed by atoms with Gasteiger partial charge in [0.25, 0.3) is 0 Å². The molecule has 1 aliphatic rings. The summed E-state index contributed by atoms with van der Waals surface area (Å²) in [6.45, 7) is 4.19. The van der Waals surface area contributed by atoms with Crippen LogP contribution in [0.4, 0.5) is 0 Å². The third kappa shape index (κ3) is 2.25. The fourth-order valence-electron chi connectivity index (χ4n) is 2.23. The van der Waals surface area contributed by atoms with Crippen LogP contribution in [0.25, 0.3) is 0 Å². The summed E-state index contributed by atoms with van der Waals surface area (Å²) in [6.07, 6.45) is 3.18. The van der Waals surface area contributed by atoms with E-state index in [4.69, 9.17) is 15.2 Å². The van der Waals surface area contributed by atoms with Gasteiger partial charge in [0.15, 0.2) is 11.5 Å². The molecule has 1 saturated carbocycles. The van der Waals surface area contributed by atoms with Gasteiger partial charge in [0.05, 0.1) is 14.2 Å². The SMILES string of the molecule is COc1cc(CC2(N)CC2)c(C)c(C)c1OC. The molecular formula is C14H21NO2. The van der Waals surface area contributed by atoms with Gasteiger partial charge in [0, 0.05) is 5.54 Å². The number of hydrogen-bond acceptors (Lipinski definition) is 3. The Labute approximate surface area is 103 Å². The van der Waals surface area contributed by atoms with Crippen molar-refractivity contribution in [3.05, 3.63) is 22.8 Å². The van der Waals surface area contributed by atoms with E-state index in [1.807, 2.05) is 0 Å². The second-order valence-corrected chi connectivity index (χ2v) is 5.06. The zero-order valence-electron chi connectivity index (χ0n) is 11.1. The molecule has 0 aliphatic heterocycles. The van der Waals surface area contributed by atoms with Crippen molar-refractivity contribution in [3.63, 3.8) is 0 Å². The molecule has 94 valence electrons. The van der Waals surface area contributed by atoms with Crippen molar-refractivity contribution < 1.29 is 9.47 Å². The molecule has 1 aromatic carbocycles. The summed E-state index contributed by atoms with van der Waals surface area (Å²) in [5.41, 5.74) is 9.90. The first-order valence-corrected chi connectivity index (χ1v) is 6.00. The first kappa shape index (κ1) is 12.2. The van der Waals surface area contributed by atoms with Crippen LogP contribution in [0.5, 0.6) is 11.5 Å². The van der Waals surface area contributed by atoms with Gasteiger partial charge in [-0.15, -0.1) is 0 Å². The van der Waals surface area contributed by atoms with Crippen molar-refractivity contribution in [2.45, 2.75) is 38.6 Å². The third-order valence-electron chi connectivity index (χ3n) is 3.77. The maximum Gasteiger partial charge on any atom is 0.163 e. The second kappa shape index (κ2) is 4.22. The highest BCUT2D eigenvalue weighted by atomic mass is 16.5. The summed E-state index contributed by atoms with van der Waals surface area (Å²) < 4.78 is 10.8. The van der Waals surface area contributed by atoms with E-state index in [0.29, 0.717) is 0 Å². The quantitative estimate of drug-likeness (QED) is 0.871. The average Bonchev–Trinajstić information content (AvgIpc) is 3.02. The maximum absolute atomic E-state index is 6.19. The smallest absolute Gasteiger partial charge is 0.163 e. The van der Waals surface area contributed by atoms with E-state index >= 15 is 0 Å². The Morgan fingerprint density at radius 1 is 1.18 bits per heavy atom. The van der Waals surface area contributed by atoms with Gasteiger partial charge < -0.3 is 15.2 Å². The van der Waals surface area contributed by atoms with E-state index in [1.54, 1.807) is 14.2 Å². The first-order valence-electron chi connectivity index (χ1n) is 6.00. The van der Waals surface area contributed by atoms with Crippen LogP contribution in [0.1, 0.15) is 29.5 Å². The van der Waals surface area contributed by atoms with Crippen LogP contribution in [0, 0.1) is 13.8 Å². The Morgan fingerprint density at radius 2 is 1.82 bits per heavy atom. The summed E-state index contributed by atoms with van der Waals surface area (Å²) >= 11 is 0. The van der Waals surface area contributed by atoms with Crippen molar-refractivity contribution in [1.29, 1.82) is 0 Å². The zero-order valence-corrected chi connectivity index (χ0v) is 11.1. The molecular weight excluding hydrogens is 214 g/mol. The molecule has 1 aliphatic carbocycles. The van der Waals surface area contributed by atoms with Gasteiger partial charge in [-0.1, -0.05) is 0 Å². The number of nitrogens with two attached hydrogens (primary N) is 1. The molecule has 0 atom stereocenters. The lowest BCUT2D eigenvalue weighted by molar-refractivity contribution is 0.352. The van der Waals surface area contributed by atoms with E-state index in [-0.39, 0.29) is 5.54 Å². The summed E-state index contributed by atoms with van der Waals surface area (Å²) in [6, 6.07) is 2.06. The highest BCUT2D eigenvalue weighted by molar-refractivity contribution is 5.54. The molecule has 0 heterocycles. The Balaban J connectivity index is 2.42. The number of benzene rings is 1. The summed E-state index contributed by atoms with van der Waals surface area (Å²) in [5.74, 6) is 1.63. The molecule has 0 unspecified atom stereocenters. The standard InChI is InChI=1S/C14H21NO2/c1-9-10(2)13(17-4)12(16-3)7-11(9)8-14(15)5-6-14/h7H,5-6,8,15H2,1-4H3. The van der Waals surface area contributed by atoms with Gasteiger partial charge >= 0.3 is 0 Å². The Kier molecular flexibility index (Phi) is 3.04. The van der Waals surface area contributed by atoms with E-state index in [9.17, 15) is 0 Å². The minimum Gasteiger partial charge on any atom is -0.493 e. The lowest BCUT2D eigenvalue weighted by Crippen LogP contribution is -2.25. The molecule has 2 rings (SSSR count). The number of rotatable bonds is 4. The Hall–Kier alpha value is -1.22. The van der Waals surface area contributed by atoms with E-state index in [2.05, 4.69) is 19.9 Å². The predicted molar refractivity (Wildman–Crippen MR) is 68.9 cm³/mol. The fourth-order valence-corrected chi connectivity index (χ4v) is 2.23. The van der Waals surface area contributed by atoms with Crippen molar-refractivity contribution in [2.24, 2.45) is 5.73 Å². The van der Waals surface area contributed by atoms with E-state index < -0.39 is 0 Å². The van der Waals surface area contributed by atoms with E-state index in [1.165, 1.54) is 11.1 Å². The van der Waals surface area contributed by atoms with Crippen LogP contribution in [0.2, 0.25) is 0 Å². The minimum absolute atomic E-state index is 0.0246. The molecule has 0 radical (unpaired) electrons. The van der Waals surface area contributed by atoms with Crippen molar-refractivity contribution in [3.8, 4) is 11.5 Å². The van der Waals surface area contributed by atoms with Crippen LogP contribution in [0.15, 0.2) is 6.07 Å². The van der Waals surface area contributed by atoms with Gasteiger partial charge in [-0.2, -0.15) is 0 Å². The lowest BCUT2D eigenvalue weighted by Gasteiger charge is -2.18. The van der Waals surface area contributed by atoms with Gasteiger partial charge in [-0.25, -0.2) is 0 Å². The van der Waals surface area contributed by atoms with Gasteiger partial charge in [-0.05, 0) is 55.9 Å². The molecule has 0 aromatic heterocycles. The van der Waals surface area contributed by atoms with Gasteiger partial charge in [-0.3, -0.25) is 0 Å². The molecule has 3 nitrogen and oxygen atoms in total. The monoisotopic (exact) mass is 235 g/mol. The normalized spacial score (nSPS) is 16.8. The topological polar surface area (TPSA) is 44.5 Å². The van der Waals surface area contributed by atoms with Crippen molar-refractivity contribution in [2.75, 3.05) is 14.2 Å². The molecule has 2 N–H and O–H groups in total. The van der Waals surface area contributed by atoms with Crippen LogP contribution in [-0.2, 0) is 6.42 Å². The number of ether oxygens (including phenoxy) is 2. The number of hydrogen-bond donors (Lipinski definition) is 1. The summed E-state index contributed by atoms with van der Waals surface area (Å²) in [5, 5.41) is 0. The highest BCUT2D eigenvalue weighted by Gasteiger charge is 2.38. The van der Waals surface area contributed by atoms with Crippen LogP contribution >= 0.6 is 0 Å². The maximum atomic E-state index is 6.19. The fraction of sp³-hybridized carbons (Fsp3) is 0.571. The lowest BCUT2D eigenvalue weighted by atomic mass is 9.95. The molecule has 0 bridgehead atoms. The van der Waals surface area contributed by atoms with Gasteiger partial charge in [0.2, 0.25) is 0 Å². The second-order valence-electron chi connectivity index (χ2n) is 5.06. The van der Waals surface area contributed by atoms with Crippen molar-refractivity contribution >= 4 is 0 Å². The van der Waals surface area contributed by atoms with Crippen molar-refractivity contribution in [1.82, 2.24) is 0 Å². The molecule has 3 heteroatoms. The minimum atomic E-state index is 0.0246. The van der Waals surface area contributed by atoms with Gasteiger partial charge in [0.1, 0.15) is 0 Å². The molecule has 1 fully saturated rings. The predicted octanol–water partition coefficient (Wildman–Crippen LogP) is 2.35. The third-order valence-corrected chi connectivity index (χ3v) is 3.77. The molecule has 1 aromatic rings. The molecule has 17 heavy (non-hydrogen) atoms. The average molecular weight is 235 g/mol. The van der Waals surface area contributed by atoms with E-state index in [0.717, 1.165) is 36.3 Å². The molecule has 0 saturated heterocycles. The first-order chi connectivity index (χ1) is 8.00. The Bertz CT molecular complexity index is 436. The summed E-state index contributed by atoms with van der Waals surface area (Å²) in [7, 11) is 3.35.